The lowest BCUT2D eigenvalue weighted by atomic mass is 10.3. The third-order valence-electron chi connectivity index (χ3n) is 3.33. The van der Waals surface area contributed by atoms with Gasteiger partial charge in [0.05, 0.1) is 11.5 Å². The second-order valence-electron chi connectivity index (χ2n) is 4.83. The van der Waals surface area contributed by atoms with Gasteiger partial charge in [-0.2, -0.15) is 0 Å². The van der Waals surface area contributed by atoms with Gasteiger partial charge in [-0.05, 0) is 24.7 Å². The monoisotopic (exact) mass is 318 g/mol. The zero-order chi connectivity index (χ0) is 15.5. The minimum atomic E-state index is -3.92. The van der Waals surface area contributed by atoms with Crippen molar-refractivity contribution in [3.8, 4) is 5.75 Å². The smallest absolute Gasteiger partial charge is 0.238 e. The average Bonchev–Trinajstić information content (AvgIpc) is 2.45. The first-order valence-corrected chi connectivity index (χ1v) is 8.24. The van der Waals surface area contributed by atoms with Crippen LogP contribution in [0.2, 0.25) is 0 Å². The maximum atomic E-state index is 13.8. The van der Waals surface area contributed by atoms with Crippen molar-refractivity contribution in [3.63, 3.8) is 0 Å². The molecule has 1 atom stereocenters. The lowest BCUT2D eigenvalue weighted by Crippen LogP contribution is -2.44. The van der Waals surface area contributed by atoms with E-state index in [0.29, 0.717) is 6.61 Å². The zero-order valence-corrected chi connectivity index (χ0v) is 12.6. The van der Waals surface area contributed by atoms with E-state index in [2.05, 4.69) is 11.8 Å². The van der Waals surface area contributed by atoms with Crippen LogP contribution in [0.4, 0.5) is 4.39 Å². The van der Waals surface area contributed by atoms with E-state index in [1.807, 2.05) is 0 Å². The summed E-state index contributed by atoms with van der Waals surface area (Å²) in [7, 11) is -3.92. The number of rotatable bonds is 5. The Bertz CT molecular complexity index is 594. The molecule has 0 aromatic heterocycles. The molecule has 2 rings (SSSR count). The number of nitrogens with zero attached hydrogens (tertiary/aromatic N) is 1. The van der Waals surface area contributed by atoms with E-state index >= 15 is 0 Å². The molecule has 2 N–H and O–H groups in total. The third kappa shape index (κ3) is 4.37. The lowest BCUT2D eigenvalue weighted by Gasteiger charge is -2.31. The predicted molar refractivity (Wildman–Crippen MR) is 75.1 cm³/mol. The topological polar surface area (TPSA) is 81.9 Å². The van der Waals surface area contributed by atoms with Crippen molar-refractivity contribution in [2.75, 3.05) is 32.8 Å². The van der Waals surface area contributed by atoms with Crippen LogP contribution in [0.5, 0.6) is 5.75 Å². The van der Waals surface area contributed by atoms with E-state index < -0.39 is 15.8 Å². The van der Waals surface area contributed by atoms with E-state index in [0.717, 1.165) is 25.7 Å². The van der Waals surface area contributed by atoms with Gasteiger partial charge in [0.2, 0.25) is 10.0 Å². The Hall–Kier alpha value is -1.22. The van der Waals surface area contributed by atoms with E-state index in [9.17, 15) is 12.8 Å². The molecule has 0 amide bonds. The number of benzene rings is 1. The van der Waals surface area contributed by atoms with Gasteiger partial charge >= 0.3 is 0 Å². The highest BCUT2D eigenvalue weighted by atomic mass is 32.2. The second-order valence-corrected chi connectivity index (χ2v) is 6.40. The molecule has 0 aliphatic carbocycles. The maximum absolute atomic E-state index is 13.8. The van der Waals surface area contributed by atoms with E-state index in [4.69, 9.17) is 14.6 Å². The quantitative estimate of drug-likeness (QED) is 0.858. The third-order valence-corrected chi connectivity index (χ3v) is 4.24. The number of halogens is 1. The van der Waals surface area contributed by atoms with Crippen molar-refractivity contribution < 1.29 is 22.3 Å². The molecule has 1 aromatic carbocycles. The highest BCUT2D eigenvalue weighted by Crippen LogP contribution is 2.21. The molecule has 1 fully saturated rings. The Morgan fingerprint density at radius 1 is 1.52 bits per heavy atom. The molecule has 8 heteroatoms. The van der Waals surface area contributed by atoms with Gasteiger partial charge in [-0.3, -0.25) is 4.90 Å². The summed E-state index contributed by atoms with van der Waals surface area (Å²) in [6.07, 6.45) is -0.129. The molecule has 1 saturated heterocycles. The molecule has 0 spiro atoms. The van der Waals surface area contributed by atoms with Gasteiger partial charge in [-0.1, -0.05) is 6.92 Å². The number of primary sulfonamides is 1. The molecule has 118 valence electrons. The van der Waals surface area contributed by atoms with Gasteiger partial charge < -0.3 is 9.47 Å². The fourth-order valence-electron chi connectivity index (χ4n) is 2.13. The number of likely N-dealkylation sites (N-methyl/N-ethyl adjacent to an activating group) is 1. The van der Waals surface area contributed by atoms with Crippen molar-refractivity contribution in [2.24, 2.45) is 5.14 Å². The average molecular weight is 318 g/mol. The van der Waals surface area contributed by atoms with Crippen LogP contribution in [0, 0.1) is 5.82 Å². The van der Waals surface area contributed by atoms with Crippen LogP contribution in [-0.4, -0.2) is 52.3 Å². The Kier molecular flexibility index (Phi) is 5.15. The first-order valence-electron chi connectivity index (χ1n) is 6.69. The number of hydrogen-bond donors (Lipinski definition) is 1. The molecule has 1 aliphatic rings. The van der Waals surface area contributed by atoms with Crippen molar-refractivity contribution in [2.45, 2.75) is 17.9 Å². The molecule has 21 heavy (non-hydrogen) atoms. The Morgan fingerprint density at radius 2 is 2.29 bits per heavy atom. The molecule has 1 aliphatic heterocycles. The highest BCUT2D eigenvalue weighted by Gasteiger charge is 2.20. The number of nitrogens with two attached hydrogens (primary N) is 1. The van der Waals surface area contributed by atoms with E-state index in [1.54, 1.807) is 0 Å². The Balaban J connectivity index is 1.97. The molecule has 0 bridgehead atoms. The molecule has 1 aromatic rings. The van der Waals surface area contributed by atoms with Gasteiger partial charge in [0.15, 0.2) is 11.6 Å². The van der Waals surface area contributed by atoms with Gasteiger partial charge in [0.25, 0.3) is 0 Å². The van der Waals surface area contributed by atoms with Crippen LogP contribution in [0.25, 0.3) is 0 Å². The Labute approximate surface area is 123 Å². The minimum Gasteiger partial charge on any atom is -0.488 e. The van der Waals surface area contributed by atoms with Crippen LogP contribution in [-0.2, 0) is 14.8 Å². The fraction of sp³-hybridized carbons (Fsp3) is 0.538. The maximum Gasteiger partial charge on any atom is 0.238 e. The lowest BCUT2D eigenvalue weighted by molar-refractivity contribution is -0.0468. The van der Waals surface area contributed by atoms with Crippen molar-refractivity contribution in [1.29, 1.82) is 0 Å². The van der Waals surface area contributed by atoms with Crippen LogP contribution >= 0.6 is 0 Å². The Morgan fingerprint density at radius 3 is 2.90 bits per heavy atom. The standard InChI is InChI=1S/C13H19FN2O4S/c1-2-16-5-6-19-10(8-16)9-20-13-4-3-11(7-12(13)14)21(15,17)18/h3-4,7,10H,2,5-6,8-9H2,1H3,(H2,15,17,18). The summed E-state index contributed by atoms with van der Waals surface area (Å²) in [6, 6.07) is 3.33. The summed E-state index contributed by atoms with van der Waals surface area (Å²) in [5.74, 6) is -0.774. The van der Waals surface area contributed by atoms with E-state index in [-0.39, 0.29) is 23.4 Å². The first kappa shape index (κ1) is 16.2. The summed E-state index contributed by atoms with van der Waals surface area (Å²) in [4.78, 5) is 1.94. The van der Waals surface area contributed by atoms with Crippen LogP contribution in [0.3, 0.4) is 0 Å². The van der Waals surface area contributed by atoms with Crippen LogP contribution in [0.15, 0.2) is 23.1 Å². The molecule has 6 nitrogen and oxygen atoms in total. The van der Waals surface area contributed by atoms with Crippen LogP contribution < -0.4 is 9.88 Å². The molecular weight excluding hydrogens is 299 g/mol. The summed E-state index contributed by atoms with van der Waals surface area (Å²) in [6.45, 7) is 5.43. The number of ether oxygens (including phenoxy) is 2. The minimum absolute atomic E-state index is 0.0142. The predicted octanol–water partition coefficient (Wildman–Crippen LogP) is 0.573. The normalized spacial score (nSPS) is 20.4. The summed E-state index contributed by atoms with van der Waals surface area (Å²) in [5.41, 5.74) is 0. The summed E-state index contributed by atoms with van der Waals surface area (Å²) < 4.78 is 46.9. The molecule has 1 heterocycles. The van der Waals surface area contributed by atoms with Gasteiger partial charge in [0.1, 0.15) is 12.7 Å². The van der Waals surface area contributed by atoms with Crippen molar-refractivity contribution in [3.05, 3.63) is 24.0 Å². The van der Waals surface area contributed by atoms with Crippen molar-refractivity contribution >= 4 is 10.0 Å². The van der Waals surface area contributed by atoms with Crippen molar-refractivity contribution in [1.82, 2.24) is 4.90 Å². The summed E-state index contributed by atoms with van der Waals surface area (Å²) in [5, 5.41) is 4.94. The number of hydrogen-bond acceptors (Lipinski definition) is 5. The number of sulfonamides is 1. The second kappa shape index (κ2) is 6.69. The largest absolute Gasteiger partial charge is 0.488 e. The van der Waals surface area contributed by atoms with Gasteiger partial charge in [-0.15, -0.1) is 0 Å². The van der Waals surface area contributed by atoms with Gasteiger partial charge in [0, 0.05) is 13.1 Å². The zero-order valence-electron chi connectivity index (χ0n) is 11.8. The summed E-state index contributed by atoms with van der Waals surface area (Å²) >= 11 is 0. The molecule has 1 unspecified atom stereocenters. The molecule has 0 saturated carbocycles. The highest BCUT2D eigenvalue weighted by molar-refractivity contribution is 7.89. The molecular formula is C13H19FN2O4S. The van der Waals surface area contributed by atoms with Gasteiger partial charge in [-0.25, -0.2) is 17.9 Å². The van der Waals surface area contributed by atoms with E-state index in [1.165, 1.54) is 12.1 Å². The number of morpholine rings is 1. The first-order chi connectivity index (χ1) is 9.90. The van der Waals surface area contributed by atoms with Crippen LogP contribution in [0.1, 0.15) is 6.92 Å². The molecule has 0 radical (unpaired) electrons. The fourth-order valence-corrected chi connectivity index (χ4v) is 2.65. The SMILES string of the molecule is CCN1CCOC(COc2ccc(S(N)(=O)=O)cc2F)C1.